The van der Waals surface area contributed by atoms with E-state index < -0.39 is 17.3 Å². The maximum atomic E-state index is 12.8. The van der Waals surface area contributed by atoms with E-state index in [-0.39, 0.29) is 12.4 Å². The molecule has 0 saturated carbocycles. The van der Waals surface area contributed by atoms with Crippen molar-refractivity contribution in [1.29, 1.82) is 5.26 Å². The summed E-state index contributed by atoms with van der Waals surface area (Å²) in [5.41, 5.74) is -0.702. The van der Waals surface area contributed by atoms with Crippen LogP contribution in [0.3, 0.4) is 0 Å². The molecule has 0 radical (unpaired) electrons. The molecule has 0 aromatic heterocycles. The van der Waals surface area contributed by atoms with Crippen molar-refractivity contribution in [3.8, 4) is 11.8 Å². The van der Waals surface area contributed by atoms with Gasteiger partial charge in [-0.05, 0) is 35.9 Å². The molecule has 0 unspecified atom stereocenters. The van der Waals surface area contributed by atoms with E-state index >= 15 is 0 Å². The summed E-state index contributed by atoms with van der Waals surface area (Å²) in [6, 6.07) is 11.6. The molecule has 0 aliphatic rings. The molecule has 0 heterocycles. The summed E-state index contributed by atoms with van der Waals surface area (Å²) in [4.78, 5) is 0. The van der Waals surface area contributed by atoms with Crippen molar-refractivity contribution in [3.63, 3.8) is 0 Å². The summed E-state index contributed by atoms with van der Waals surface area (Å²) < 4.78 is 43.7. The molecule has 0 aliphatic heterocycles. The summed E-state index contributed by atoms with van der Waals surface area (Å²) in [7, 11) is 0. The summed E-state index contributed by atoms with van der Waals surface area (Å²) >= 11 is 5.81. The number of nitrogens with zero attached hydrogens (tertiary/aromatic N) is 1. The van der Waals surface area contributed by atoms with Gasteiger partial charge in [-0.2, -0.15) is 18.4 Å². The first-order valence-corrected chi connectivity index (χ1v) is 6.26. The number of rotatable bonds is 3. The lowest BCUT2D eigenvalue weighted by Crippen LogP contribution is -2.08. The van der Waals surface area contributed by atoms with Crippen molar-refractivity contribution < 1.29 is 17.9 Å². The Hall–Kier alpha value is -2.19. The van der Waals surface area contributed by atoms with Gasteiger partial charge in [-0.25, -0.2) is 0 Å². The molecule has 0 saturated heterocycles. The summed E-state index contributed by atoms with van der Waals surface area (Å²) in [6.45, 7) is 0.0871. The third kappa shape index (κ3) is 3.89. The van der Waals surface area contributed by atoms with Gasteiger partial charge in [-0.3, -0.25) is 0 Å². The highest BCUT2D eigenvalue weighted by molar-refractivity contribution is 6.30. The molecule has 6 heteroatoms. The van der Waals surface area contributed by atoms with Gasteiger partial charge in [0.2, 0.25) is 0 Å². The van der Waals surface area contributed by atoms with Crippen LogP contribution in [0.25, 0.3) is 0 Å². The molecule has 0 aliphatic carbocycles. The van der Waals surface area contributed by atoms with Crippen molar-refractivity contribution in [1.82, 2.24) is 0 Å². The fraction of sp³-hybridized carbons (Fsp3) is 0.133. The number of benzene rings is 2. The van der Waals surface area contributed by atoms with Crippen molar-refractivity contribution in [2.75, 3.05) is 0 Å². The molecular formula is C15H9ClF3NO. The van der Waals surface area contributed by atoms with E-state index in [9.17, 15) is 13.2 Å². The van der Waals surface area contributed by atoms with Gasteiger partial charge < -0.3 is 4.74 Å². The predicted molar refractivity (Wildman–Crippen MR) is 71.9 cm³/mol. The third-order valence-electron chi connectivity index (χ3n) is 2.71. The van der Waals surface area contributed by atoms with Crippen LogP contribution in [0.4, 0.5) is 13.2 Å². The Morgan fingerprint density at radius 1 is 1.14 bits per heavy atom. The van der Waals surface area contributed by atoms with Gasteiger partial charge in [0.05, 0.1) is 17.2 Å². The zero-order valence-corrected chi connectivity index (χ0v) is 11.4. The van der Waals surface area contributed by atoms with Crippen LogP contribution in [0.5, 0.6) is 5.75 Å². The molecular weight excluding hydrogens is 303 g/mol. The summed E-state index contributed by atoms with van der Waals surface area (Å²) in [6.07, 6.45) is -4.60. The van der Waals surface area contributed by atoms with Crippen LogP contribution in [0, 0.1) is 11.3 Å². The second kappa shape index (κ2) is 6.06. The highest BCUT2D eigenvalue weighted by Crippen LogP contribution is 2.34. The average molecular weight is 312 g/mol. The van der Waals surface area contributed by atoms with Crippen LogP contribution in [0.15, 0.2) is 42.5 Å². The van der Waals surface area contributed by atoms with Crippen LogP contribution >= 0.6 is 11.6 Å². The molecule has 2 nitrogen and oxygen atoms in total. The minimum absolute atomic E-state index is 0.0429. The van der Waals surface area contributed by atoms with Gasteiger partial charge in [-0.15, -0.1) is 0 Å². The standard InChI is InChI=1S/C15H9ClF3NO/c16-12-3-1-2-10(6-12)9-21-13-5-4-11(8-20)14(7-13)15(17,18)19/h1-7H,9H2. The number of halogens is 4. The Kier molecular flexibility index (Phi) is 4.39. The monoisotopic (exact) mass is 311 g/mol. The van der Waals surface area contributed by atoms with Crippen LogP contribution in [-0.2, 0) is 12.8 Å². The minimum atomic E-state index is -4.60. The lowest BCUT2D eigenvalue weighted by Gasteiger charge is -2.12. The zero-order valence-electron chi connectivity index (χ0n) is 10.6. The number of hydrogen-bond donors (Lipinski definition) is 0. The van der Waals surface area contributed by atoms with Crippen LogP contribution in [0.2, 0.25) is 5.02 Å². The van der Waals surface area contributed by atoms with E-state index in [4.69, 9.17) is 21.6 Å². The van der Waals surface area contributed by atoms with E-state index in [1.807, 2.05) is 0 Å². The first-order chi connectivity index (χ1) is 9.90. The van der Waals surface area contributed by atoms with Crippen LogP contribution in [0.1, 0.15) is 16.7 Å². The second-order valence-corrected chi connectivity index (χ2v) is 4.67. The van der Waals surface area contributed by atoms with Crippen molar-refractivity contribution in [3.05, 3.63) is 64.2 Å². The molecule has 0 amide bonds. The maximum absolute atomic E-state index is 12.8. The SMILES string of the molecule is N#Cc1ccc(OCc2cccc(Cl)c2)cc1C(F)(F)F. The molecule has 0 N–H and O–H groups in total. The zero-order chi connectivity index (χ0) is 15.5. The predicted octanol–water partition coefficient (Wildman–Crippen LogP) is 4.81. The number of nitriles is 1. The van der Waals surface area contributed by atoms with E-state index in [0.717, 1.165) is 17.7 Å². The minimum Gasteiger partial charge on any atom is -0.489 e. The average Bonchev–Trinajstić information content (AvgIpc) is 2.44. The molecule has 108 valence electrons. The highest BCUT2D eigenvalue weighted by Gasteiger charge is 2.34. The van der Waals surface area contributed by atoms with Crippen LogP contribution < -0.4 is 4.74 Å². The summed E-state index contributed by atoms with van der Waals surface area (Å²) in [5, 5.41) is 9.23. The fourth-order valence-electron chi connectivity index (χ4n) is 1.74. The number of hydrogen-bond acceptors (Lipinski definition) is 2. The maximum Gasteiger partial charge on any atom is 0.417 e. The van der Waals surface area contributed by atoms with Crippen molar-refractivity contribution in [2.24, 2.45) is 0 Å². The van der Waals surface area contributed by atoms with Crippen LogP contribution in [-0.4, -0.2) is 0 Å². The number of ether oxygens (including phenoxy) is 1. The fourth-order valence-corrected chi connectivity index (χ4v) is 1.95. The quantitative estimate of drug-likeness (QED) is 0.815. The van der Waals surface area contributed by atoms with E-state index in [2.05, 4.69) is 0 Å². The molecule has 0 bridgehead atoms. The van der Waals surface area contributed by atoms with Gasteiger partial charge in [-0.1, -0.05) is 23.7 Å². The summed E-state index contributed by atoms with van der Waals surface area (Å²) in [5.74, 6) is 0.0429. The largest absolute Gasteiger partial charge is 0.489 e. The molecule has 21 heavy (non-hydrogen) atoms. The van der Waals surface area contributed by atoms with E-state index in [1.165, 1.54) is 12.1 Å². The Morgan fingerprint density at radius 3 is 2.52 bits per heavy atom. The highest BCUT2D eigenvalue weighted by atomic mass is 35.5. The third-order valence-corrected chi connectivity index (χ3v) is 2.95. The van der Waals surface area contributed by atoms with Gasteiger partial charge in [0, 0.05) is 5.02 Å². The van der Waals surface area contributed by atoms with Gasteiger partial charge in [0.25, 0.3) is 0 Å². The molecule has 0 spiro atoms. The van der Waals surface area contributed by atoms with Crippen molar-refractivity contribution in [2.45, 2.75) is 12.8 Å². The second-order valence-electron chi connectivity index (χ2n) is 4.24. The topological polar surface area (TPSA) is 33.0 Å². The van der Waals surface area contributed by atoms with E-state index in [0.29, 0.717) is 5.02 Å². The lowest BCUT2D eigenvalue weighted by atomic mass is 10.1. The molecule has 2 rings (SSSR count). The first-order valence-electron chi connectivity index (χ1n) is 5.89. The molecule has 0 fully saturated rings. The molecule has 2 aromatic rings. The Morgan fingerprint density at radius 2 is 1.90 bits per heavy atom. The lowest BCUT2D eigenvalue weighted by molar-refractivity contribution is -0.137. The number of alkyl halides is 3. The van der Waals surface area contributed by atoms with Crippen molar-refractivity contribution >= 4 is 11.6 Å². The molecule has 2 aromatic carbocycles. The Labute approximate surface area is 124 Å². The van der Waals surface area contributed by atoms with Gasteiger partial charge in [0.15, 0.2) is 0 Å². The first kappa shape index (κ1) is 15.2. The normalized spacial score (nSPS) is 11.0. The van der Waals surface area contributed by atoms with Gasteiger partial charge >= 0.3 is 6.18 Å². The Balaban J connectivity index is 2.20. The smallest absolute Gasteiger partial charge is 0.417 e. The van der Waals surface area contributed by atoms with Gasteiger partial charge in [0.1, 0.15) is 12.4 Å². The molecule has 0 atom stereocenters. The Bertz CT molecular complexity index is 692. The van der Waals surface area contributed by atoms with E-state index in [1.54, 1.807) is 24.3 Å².